The molecule has 5 rings (SSSR count). The van der Waals surface area contributed by atoms with Gasteiger partial charge in [0.25, 0.3) is 5.56 Å². The van der Waals surface area contributed by atoms with Crippen LogP contribution in [0.15, 0.2) is 47.7 Å². The van der Waals surface area contributed by atoms with Crippen LogP contribution in [0.1, 0.15) is 17.9 Å². The molecule has 35 heavy (non-hydrogen) atoms. The fraction of sp³-hybridized carbons (Fsp3) is 0.240. The van der Waals surface area contributed by atoms with Crippen LogP contribution < -0.4 is 10.9 Å². The predicted octanol–water partition coefficient (Wildman–Crippen LogP) is 2.89. The van der Waals surface area contributed by atoms with Crippen molar-refractivity contribution in [1.82, 2.24) is 29.8 Å². The molecule has 10 heteroatoms. The molecular weight excluding hydrogens is 468 g/mol. The minimum absolute atomic E-state index is 0.272. The van der Waals surface area contributed by atoms with Crippen molar-refractivity contribution in [3.63, 3.8) is 0 Å². The molecule has 1 amide bonds. The number of fused-ring (bicyclic) bond motifs is 1. The molecule has 0 radical (unpaired) electrons. The maximum absolute atomic E-state index is 13.6. The summed E-state index contributed by atoms with van der Waals surface area (Å²) in [5.41, 5.74) is 2.92. The summed E-state index contributed by atoms with van der Waals surface area (Å²) in [5, 5.41) is 3.60. The lowest BCUT2D eigenvalue weighted by Gasteiger charge is -2.14. The third kappa shape index (κ3) is 4.30. The second-order valence-electron chi connectivity index (χ2n) is 8.48. The van der Waals surface area contributed by atoms with Gasteiger partial charge in [0.1, 0.15) is 11.5 Å². The molecule has 176 valence electrons. The van der Waals surface area contributed by atoms with Crippen LogP contribution in [0.25, 0.3) is 33.4 Å². The van der Waals surface area contributed by atoms with E-state index >= 15 is 0 Å². The normalized spacial score (nSPS) is 15.4. The Hall–Kier alpha value is -3.98. The molecule has 1 aliphatic rings. The van der Waals surface area contributed by atoms with Crippen LogP contribution in [0.5, 0.6) is 0 Å². The summed E-state index contributed by atoms with van der Waals surface area (Å²) in [7, 11) is 0. The smallest absolute Gasteiger partial charge is 0.260 e. The molecule has 1 N–H and O–H groups in total. The van der Waals surface area contributed by atoms with Crippen molar-refractivity contribution in [3.8, 4) is 22.4 Å². The molecule has 1 saturated heterocycles. The maximum atomic E-state index is 13.6. The van der Waals surface area contributed by atoms with Crippen molar-refractivity contribution in [3.05, 3.63) is 69.8 Å². The Kier molecular flexibility index (Phi) is 5.86. The minimum atomic E-state index is -0.776. The van der Waals surface area contributed by atoms with E-state index in [4.69, 9.17) is 11.6 Å². The first-order valence-electron chi connectivity index (χ1n) is 11.1. The van der Waals surface area contributed by atoms with Crippen LogP contribution in [0, 0.1) is 19.8 Å². The summed E-state index contributed by atoms with van der Waals surface area (Å²) < 4.78 is 1.31. The van der Waals surface area contributed by atoms with Crippen LogP contribution in [-0.2, 0) is 16.1 Å². The summed E-state index contributed by atoms with van der Waals surface area (Å²) in [5.74, 6) is -0.962. The highest BCUT2D eigenvalue weighted by atomic mass is 35.5. The van der Waals surface area contributed by atoms with Crippen LogP contribution in [0.3, 0.4) is 0 Å². The van der Waals surface area contributed by atoms with Gasteiger partial charge >= 0.3 is 0 Å². The van der Waals surface area contributed by atoms with E-state index in [0.29, 0.717) is 51.7 Å². The van der Waals surface area contributed by atoms with Gasteiger partial charge in [-0.05, 0) is 32.4 Å². The van der Waals surface area contributed by atoms with Crippen LogP contribution in [0.2, 0.25) is 5.02 Å². The standard InChI is InChI=1S/C25H21ClN6O3/c1-13-9-27-11-21(30-13)15-3-4-17(20(26)8-15)19-7-16-10-29-14(2)31-23(16)32(25(19)35)12-22(33)18-5-6-28-24(18)34/h3-4,7-11,18H,5-6,12H2,1-2H3,(H,28,34). The van der Waals surface area contributed by atoms with E-state index in [0.717, 1.165) is 11.3 Å². The molecule has 4 heterocycles. The number of nitrogens with zero attached hydrogens (tertiary/aromatic N) is 5. The molecule has 1 atom stereocenters. The number of aromatic nitrogens is 5. The van der Waals surface area contributed by atoms with Crippen molar-refractivity contribution in [2.75, 3.05) is 6.54 Å². The Balaban J connectivity index is 1.63. The number of carbonyl (C=O) groups excluding carboxylic acids is 2. The largest absolute Gasteiger partial charge is 0.355 e. The predicted molar refractivity (Wildman–Crippen MR) is 131 cm³/mol. The van der Waals surface area contributed by atoms with Crippen molar-refractivity contribution >= 4 is 34.3 Å². The zero-order chi connectivity index (χ0) is 24.7. The topological polar surface area (TPSA) is 120 Å². The highest BCUT2D eigenvalue weighted by Crippen LogP contribution is 2.31. The number of hydrogen-bond acceptors (Lipinski definition) is 7. The number of nitrogens with one attached hydrogen (secondary N) is 1. The lowest BCUT2D eigenvalue weighted by atomic mass is 10.0. The lowest BCUT2D eigenvalue weighted by Crippen LogP contribution is -2.32. The van der Waals surface area contributed by atoms with Crippen molar-refractivity contribution in [1.29, 1.82) is 0 Å². The minimum Gasteiger partial charge on any atom is -0.355 e. The molecular formula is C25H21ClN6O3. The second-order valence-corrected chi connectivity index (χ2v) is 8.89. The molecule has 3 aromatic heterocycles. The number of halogens is 1. The van der Waals surface area contributed by atoms with Gasteiger partial charge in [-0.25, -0.2) is 15.0 Å². The third-order valence-corrected chi connectivity index (χ3v) is 6.32. The molecule has 1 aromatic carbocycles. The van der Waals surface area contributed by atoms with Crippen molar-refractivity contribution < 1.29 is 9.59 Å². The van der Waals surface area contributed by atoms with Gasteiger partial charge in [0.05, 0.1) is 30.0 Å². The van der Waals surface area contributed by atoms with Crippen LogP contribution in [-0.4, -0.2) is 42.7 Å². The molecule has 4 aromatic rings. The fourth-order valence-electron chi connectivity index (χ4n) is 4.25. The van der Waals surface area contributed by atoms with Gasteiger partial charge < -0.3 is 5.32 Å². The Morgan fingerprint density at radius 2 is 1.94 bits per heavy atom. The summed E-state index contributed by atoms with van der Waals surface area (Å²) >= 11 is 6.64. The number of ketones is 1. The number of carbonyl (C=O) groups is 2. The first kappa shape index (κ1) is 22.8. The average Bonchev–Trinajstić information content (AvgIpc) is 3.27. The third-order valence-electron chi connectivity index (χ3n) is 6.01. The Morgan fingerprint density at radius 3 is 2.66 bits per heavy atom. The molecule has 0 bridgehead atoms. The Bertz CT molecular complexity index is 1570. The van der Waals surface area contributed by atoms with E-state index in [9.17, 15) is 14.4 Å². The van der Waals surface area contributed by atoms with Crippen molar-refractivity contribution in [2.24, 2.45) is 5.92 Å². The lowest BCUT2D eigenvalue weighted by molar-refractivity contribution is -0.132. The van der Waals surface area contributed by atoms with E-state index in [2.05, 4.69) is 25.3 Å². The first-order valence-corrected chi connectivity index (χ1v) is 11.5. The second kappa shape index (κ2) is 8.99. The maximum Gasteiger partial charge on any atom is 0.260 e. The molecule has 0 saturated carbocycles. The van der Waals surface area contributed by atoms with Gasteiger partial charge in [0, 0.05) is 46.0 Å². The zero-order valence-electron chi connectivity index (χ0n) is 19.1. The molecule has 1 unspecified atom stereocenters. The van der Waals surface area contributed by atoms with Gasteiger partial charge in [-0.1, -0.05) is 23.7 Å². The first-order chi connectivity index (χ1) is 16.8. The summed E-state index contributed by atoms with van der Waals surface area (Å²) in [6.45, 7) is 3.73. The number of rotatable bonds is 5. The van der Waals surface area contributed by atoms with Gasteiger partial charge in [-0.3, -0.25) is 23.9 Å². The molecule has 9 nitrogen and oxygen atoms in total. The van der Waals surface area contributed by atoms with Gasteiger partial charge in [-0.2, -0.15) is 0 Å². The van der Waals surface area contributed by atoms with E-state index in [1.165, 1.54) is 4.57 Å². The highest BCUT2D eigenvalue weighted by molar-refractivity contribution is 6.33. The number of Topliss-reactive ketones (excluding diaryl/α,β-unsaturated/α-hetero) is 1. The van der Waals surface area contributed by atoms with Gasteiger partial charge in [0.2, 0.25) is 5.91 Å². The number of aryl methyl sites for hydroxylation is 2. The van der Waals surface area contributed by atoms with E-state index < -0.39 is 11.5 Å². The highest BCUT2D eigenvalue weighted by Gasteiger charge is 2.31. The quantitative estimate of drug-likeness (QED) is 0.429. The number of amides is 1. The van der Waals surface area contributed by atoms with E-state index in [-0.39, 0.29) is 18.2 Å². The summed E-state index contributed by atoms with van der Waals surface area (Å²) in [4.78, 5) is 55.9. The molecule has 0 aliphatic carbocycles. The number of benzene rings is 1. The van der Waals surface area contributed by atoms with Gasteiger partial charge in [0.15, 0.2) is 5.78 Å². The molecule has 0 spiro atoms. The van der Waals surface area contributed by atoms with Crippen LogP contribution >= 0.6 is 11.6 Å². The summed E-state index contributed by atoms with van der Waals surface area (Å²) in [6, 6.07) is 6.97. The van der Waals surface area contributed by atoms with Crippen LogP contribution in [0.4, 0.5) is 0 Å². The monoisotopic (exact) mass is 488 g/mol. The zero-order valence-corrected chi connectivity index (χ0v) is 19.8. The Morgan fingerprint density at radius 1 is 1.11 bits per heavy atom. The number of pyridine rings is 1. The van der Waals surface area contributed by atoms with Crippen molar-refractivity contribution in [2.45, 2.75) is 26.8 Å². The van der Waals surface area contributed by atoms with Gasteiger partial charge in [-0.15, -0.1) is 0 Å². The average molecular weight is 489 g/mol. The SMILES string of the molecule is Cc1cncc(-c2ccc(-c3cc4cnc(C)nc4n(CC(=O)C4CCNC4=O)c3=O)c(Cl)c2)n1. The number of hydrogen-bond donors (Lipinski definition) is 1. The van der Waals surface area contributed by atoms with E-state index in [1.807, 2.05) is 13.0 Å². The van der Waals surface area contributed by atoms with E-state index in [1.54, 1.807) is 43.7 Å². The molecule has 1 aliphatic heterocycles. The fourth-order valence-corrected chi connectivity index (χ4v) is 4.53. The molecule has 1 fully saturated rings. The Labute approximate surface area is 205 Å². The summed E-state index contributed by atoms with van der Waals surface area (Å²) in [6.07, 6.45) is 5.32.